The van der Waals surface area contributed by atoms with Crippen LogP contribution in [0.1, 0.15) is 24.2 Å². The highest BCUT2D eigenvalue weighted by Gasteiger charge is 2.26. The molecular formula is C19H20ClN3O4S. The number of fused-ring (bicyclic) bond motifs is 1. The predicted octanol–water partition coefficient (Wildman–Crippen LogP) is 2.96. The molecular weight excluding hydrogens is 402 g/mol. The van der Waals surface area contributed by atoms with Crippen molar-refractivity contribution in [2.45, 2.75) is 24.0 Å². The van der Waals surface area contributed by atoms with Crippen LogP contribution in [0, 0.1) is 0 Å². The fourth-order valence-corrected chi connectivity index (χ4v) is 4.24. The first-order chi connectivity index (χ1) is 13.0. The molecule has 1 heterocycles. The van der Waals surface area contributed by atoms with Crippen LogP contribution in [-0.4, -0.2) is 28.7 Å². The Morgan fingerprint density at radius 2 is 1.57 bits per heavy atom. The SMILES string of the molecule is CC(C)S(=O)(=O)c1cc2c(cc1NC(=O)c1ccc(Cl)cc1)n(C)c(=O)n2C. The Labute approximate surface area is 167 Å². The van der Waals surface area contributed by atoms with Crippen molar-refractivity contribution in [1.29, 1.82) is 0 Å². The number of aryl methyl sites for hydroxylation is 2. The lowest BCUT2D eigenvalue weighted by Gasteiger charge is -2.15. The van der Waals surface area contributed by atoms with Gasteiger partial charge >= 0.3 is 5.69 Å². The van der Waals surface area contributed by atoms with E-state index in [9.17, 15) is 18.0 Å². The molecule has 1 amide bonds. The molecule has 0 aliphatic carbocycles. The zero-order valence-electron chi connectivity index (χ0n) is 15.9. The Bertz CT molecular complexity index is 1240. The molecule has 0 fully saturated rings. The van der Waals surface area contributed by atoms with E-state index in [0.717, 1.165) is 0 Å². The van der Waals surface area contributed by atoms with E-state index >= 15 is 0 Å². The van der Waals surface area contributed by atoms with Crippen molar-refractivity contribution >= 4 is 44.1 Å². The Kier molecular flexibility index (Phi) is 5.12. The molecule has 0 radical (unpaired) electrons. The predicted molar refractivity (Wildman–Crippen MR) is 110 cm³/mol. The molecule has 3 aromatic rings. The Hall–Kier alpha value is -2.58. The van der Waals surface area contributed by atoms with Crippen LogP contribution in [0.25, 0.3) is 11.0 Å². The Balaban J connectivity index is 2.21. The minimum absolute atomic E-state index is 0.0292. The van der Waals surface area contributed by atoms with Crippen LogP contribution in [0.15, 0.2) is 46.1 Å². The minimum atomic E-state index is -3.71. The van der Waals surface area contributed by atoms with Gasteiger partial charge in [-0.2, -0.15) is 0 Å². The summed E-state index contributed by atoms with van der Waals surface area (Å²) in [5, 5.41) is 2.46. The molecule has 1 aromatic heterocycles. The normalized spacial score (nSPS) is 11.9. The Morgan fingerprint density at radius 1 is 1.04 bits per heavy atom. The van der Waals surface area contributed by atoms with Crippen molar-refractivity contribution in [1.82, 2.24) is 9.13 Å². The molecule has 148 valence electrons. The van der Waals surface area contributed by atoms with Gasteiger partial charge in [-0.15, -0.1) is 0 Å². The summed E-state index contributed by atoms with van der Waals surface area (Å²) in [6.45, 7) is 3.13. The maximum Gasteiger partial charge on any atom is 0.328 e. The number of nitrogens with zero attached hydrogens (tertiary/aromatic N) is 2. The standard InChI is InChI=1S/C19H20ClN3O4S/c1-11(2)28(26,27)17-10-16-15(22(3)19(25)23(16)4)9-14(17)21-18(24)12-5-7-13(20)8-6-12/h5-11H,1-4H3,(H,21,24). The van der Waals surface area contributed by atoms with Gasteiger partial charge in [0.2, 0.25) is 0 Å². The molecule has 0 saturated heterocycles. The van der Waals surface area contributed by atoms with Gasteiger partial charge in [-0.1, -0.05) is 11.6 Å². The number of sulfone groups is 1. The monoisotopic (exact) mass is 421 g/mol. The quantitative estimate of drug-likeness (QED) is 0.701. The summed E-state index contributed by atoms with van der Waals surface area (Å²) in [5.74, 6) is -0.475. The number of carbonyl (C=O) groups is 1. The summed E-state index contributed by atoms with van der Waals surface area (Å²) < 4.78 is 28.6. The lowest BCUT2D eigenvalue weighted by atomic mass is 10.2. The number of aromatic nitrogens is 2. The average molecular weight is 422 g/mol. The topological polar surface area (TPSA) is 90.2 Å². The second kappa shape index (κ2) is 7.10. The van der Waals surface area contributed by atoms with Crippen molar-refractivity contribution in [2.24, 2.45) is 14.1 Å². The van der Waals surface area contributed by atoms with Gasteiger partial charge in [-0.3, -0.25) is 13.9 Å². The van der Waals surface area contributed by atoms with Gasteiger partial charge in [0.05, 0.1) is 26.9 Å². The number of hydrogen-bond acceptors (Lipinski definition) is 4. The molecule has 2 aromatic carbocycles. The van der Waals surface area contributed by atoms with Crippen LogP contribution >= 0.6 is 11.6 Å². The fourth-order valence-electron chi connectivity index (χ4n) is 2.91. The molecule has 0 unspecified atom stereocenters. The van der Waals surface area contributed by atoms with E-state index in [0.29, 0.717) is 21.6 Å². The van der Waals surface area contributed by atoms with Crippen LogP contribution in [0.3, 0.4) is 0 Å². The highest BCUT2D eigenvalue weighted by atomic mass is 35.5. The van der Waals surface area contributed by atoms with Crippen molar-refractivity contribution in [3.63, 3.8) is 0 Å². The number of anilines is 1. The number of rotatable bonds is 4. The number of hydrogen-bond donors (Lipinski definition) is 1. The molecule has 0 bridgehead atoms. The van der Waals surface area contributed by atoms with Gasteiger partial charge in [-0.25, -0.2) is 13.2 Å². The lowest BCUT2D eigenvalue weighted by molar-refractivity contribution is 0.102. The summed E-state index contributed by atoms with van der Waals surface area (Å²) in [5.41, 5.74) is 1.16. The highest BCUT2D eigenvalue weighted by Crippen LogP contribution is 2.30. The molecule has 1 N–H and O–H groups in total. The zero-order valence-corrected chi connectivity index (χ0v) is 17.4. The zero-order chi connectivity index (χ0) is 20.8. The largest absolute Gasteiger partial charge is 0.328 e. The minimum Gasteiger partial charge on any atom is -0.321 e. The third-order valence-corrected chi connectivity index (χ3v) is 7.10. The van der Waals surface area contributed by atoms with Crippen molar-refractivity contribution in [2.75, 3.05) is 5.32 Å². The summed E-state index contributed by atoms with van der Waals surface area (Å²) in [4.78, 5) is 24.9. The first kappa shape index (κ1) is 20.2. The number of amides is 1. The van der Waals surface area contributed by atoms with E-state index in [2.05, 4.69) is 5.32 Å². The number of carbonyl (C=O) groups excluding carboxylic acids is 1. The van der Waals surface area contributed by atoms with Gasteiger partial charge in [0, 0.05) is 24.7 Å². The summed E-state index contributed by atoms with van der Waals surface area (Å²) in [6.07, 6.45) is 0. The number of imidazole rings is 1. The van der Waals surface area contributed by atoms with E-state index in [-0.39, 0.29) is 16.3 Å². The van der Waals surface area contributed by atoms with Crippen molar-refractivity contribution < 1.29 is 13.2 Å². The molecule has 3 rings (SSSR count). The van der Waals surface area contributed by atoms with E-state index in [1.807, 2.05) is 0 Å². The van der Waals surface area contributed by atoms with Crippen molar-refractivity contribution in [3.05, 3.63) is 57.5 Å². The highest BCUT2D eigenvalue weighted by molar-refractivity contribution is 7.92. The fraction of sp³-hybridized carbons (Fsp3) is 0.263. The molecule has 9 heteroatoms. The maximum atomic E-state index is 12.9. The first-order valence-electron chi connectivity index (χ1n) is 8.54. The van der Waals surface area contributed by atoms with Crippen LogP contribution < -0.4 is 11.0 Å². The molecule has 28 heavy (non-hydrogen) atoms. The first-order valence-corrected chi connectivity index (χ1v) is 10.5. The third kappa shape index (κ3) is 3.33. The summed E-state index contributed by atoms with van der Waals surface area (Å²) >= 11 is 5.85. The molecule has 0 aliphatic heterocycles. The van der Waals surface area contributed by atoms with Crippen LogP contribution in [0.4, 0.5) is 5.69 Å². The van der Waals surface area contributed by atoms with E-state index < -0.39 is 21.0 Å². The van der Waals surface area contributed by atoms with E-state index in [1.54, 1.807) is 52.2 Å². The third-order valence-electron chi connectivity index (χ3n) is 4.66. The summed E-state index contributed by atoms with van der Waals surface area (Å²) in [7, 11) is -0.553. The van der Waals surface area contributed by atoms with Gasteiger partial charge in [0.25, 0.3) is 5.91 Å². The van der Waals surface area contributed by atoms with Crippen molar-refractivity contribution in [3.8, 4) is 0 Å². The second-order valence-electron chi connectivity index (χ2n) is 6.79. The molecule has 7 nitrogen and oxygen atoms in total. The van der Waals surface area contributed by atoms with E-state index in [4.69, 9.17) is 11.6 Å². The lowest BCUT2D eigenvalue weighted by Crippen LogP contribution is -2.19. The number of halogens is 1. The number of nitrogens with one attached hydrogen (secondary N) is 1. The molecule has 0 spiro atoms. The number of benzene rings is 2. The van der Waals surface area contributed by atoms with E-state index in [1.165, 1.54) is 21.3 Å². The van der Waals surface area contributed by atoms with Gasteiger partial charge in [-0.05, 0) is 50.2 Å². The second-order valence-corrected chi connectivity index (χ2v) is 9.70. The van der Waals surface area contributed by atoms with Gasteiger partial charge in [0.1, 0.15) is 0 Å². The average Bonchev–Trinajstić information content (AvgIpc) is 2.85. The maximum absolute atomic E-state index is 12.9. The van der Waals surface area contributed by atoms with Crippen LogP contribution in [0.5, 0.6) is 0 Å². The smallest absolute Gasteiger partial charge is 0.321 e. The van der Waals surface area contributed by atoms with Crippen LogP contribution in [0.2, 0.25) is 5.02 Å². The van der Waals surface area contributed by atoms with Crippen LogP contribution in [-0.2, 0) is 23.9 Å². The van der Waals surface area contributed by atoms with Gasteiger partial charge in [0.15, 0.2) is 9.84 Å². The molecule has 0 saturated carbocycles. The molecule has 0 atom stereocenters. The van der Waals surface area contributed by atoms with Gasteiger partial charge < -0.3 is 5.32 Å². The molecule has 0 aliphatic rings. The Morgan fingerprint density at radius 3 is 2.11 bits per heavy atom. The summed E-state index contributed by atoms with van der Waals surface area (Å²) in [6, 6.07) is 9.19.